The van der Waals surface area contributed by atoms with Crippen molar-refractivity contribution >= 4 is 55.4 Å². The van der Waals surface area contributed by atoms with Gasteiger partial charge in [0.15, 0.2) is 10.3 Å². The number of benzene rings is 2. The van der Waals surface area contributed by atoms with Gasteiger partial charge in [-0.25, -0.2) is 9.97 Å². The van der Waals surface area contributed by atoms with Gasteiger partial charge in [0.2, 0.25) is 5.91 Å². The number of ether oxygens (including phenoxy) is 1. The summed E-state index contributed by atoms with van der Waals surface area (Å²) in [4.78, 5) is 20.8. The molecule has 1 N–H and O–H groups in total. The average Bonchev–Trinajstić information content (AvgIpc) is 3.25. The highest BCUT2D eigenvalue weighted by Gasteiger charge is 2.19. The van der Waals surface area contributed by atoms with Gasteiger partial charge >= 0.3 is 6.55 Å². The van der Waals surface area contributed by atoms with Crippen LogP contribution in [0, 0.1) is 0 Å². The number of hydrogen-bond acceptors (Lipinski definition) is 6. The molecular weight excluding hydrogens is 406 g/mol. The molecule has 4 aromatic rings. The molecule has 0 atom stereocenters. The van der Waals surface area contributed by atoms with Crippen LogP contribution < -0.4 is 10.1 Å². The number of rotatable bonds is 6. The SMILES string of the molecule is COc1ccc2nc(NC(=O)CSc3nc4ccccc4n3C(F)F)sc2c1. The van der Waals surface area contributed by atoms with Gasteiger partial charge in [-0.1, -0.05) is 35.2 Å². The zero-order valence-corrected chi connectivity index (χ0v) is 16.2. The van der Waals surface area contributed by atoms with Crippen molar-refractivity contribution in [3.8, 4) is 5.75 Å². The fourth-order valence-electron chi connectivity index (χ4n) is 2.68. The number of halogens is 2. The predicted molar refractivity (Wildman–Crippen MR) is 107 cm³/mol. The molecule has 6 nitrogen and oxygen atoms in total. The molecule has 2 heterocycles. The average molecular weight is 420 g/mol. The van der Waals surface area contributed by atoms with Crippen LogP contribution in [0.2, 0.25) is 0 Å². The molecule has 2 aromatic heterocycles. The molecule has 0 radical (unpaired) electrons. The first kappa shape index (κ1) is 18.6. The van der Waals surface area contributed by atoms with Gasteiger partial charge in [-0.15, -0.1) is 0 Å². The highest BCUT2D eigenvalue weighted by Crippen LogP contribution is 2.31. The Balaban J connectivity index is 1.48. The number of nitrogens with zero attached hydrogens (tertiary/aromatic N) is 3. The number of anilines is 1. The lowest BCUT2D eigenvalue weighted by molar-refractivity contribution is -0.113. The minimum atomic E-state index is -2.74. The van der Waals surface area contributed by atoms with E-state index in [0.29, 0.717) is 21.9 Å². The van der Waals surface area contributed by atoms with E-state index in [1.165, 1.54) is 11.3 Å². The van der Waals surface area contributed by atoms with E-state index in [-0.39, 0.29) is 16.8 Å². The minimum absolute atomic E-state index is 0.0602. The highest BCUT2D eigenvalue weighted by atomic mass is 32.2. The Kier molecular flexibility index (Phi) is 5.14. The van der Waals surface area contributed by atoms with Crippen LogP contribution in [0.4, 0.5) is 13.9 Å². The standard InChI is InChI=1S/C18H14F2N4O2S2/c1-26-10-6-7-12-14(8-10)28-17(21-12)23-15(25)9-27-18-22-11-4-2-3-5-13(11)24(18)16(19)20/h2-8,16H,9H2,1H3,(H,21,23,25). The summed E-state index contributed by atoms with van der Waals surface area (Å²) in [6.07, 6.45) is 0. The second-order valence-electron chi connectivity index (χ2n) is 5.72. The molecular formula is C18H14F2N4O2S2. The minimum Gasteiger partial charge on any atom is -0.497 e. The molecule has 0 saturated carbocycles. The van der Waals surface area contributed by atoms with Crippen LogP contribution in [0.15, 0.2) is 47.6 Å². The molecule has 2 aromatic carbocycles. The molecule has 0 bridgehead atoms. The van der Waals surface area contributed by atoms with Crippen LogP contribution >= 0.6 is 23.1 Å². The predicted octanol–water partition coefficient (Wildman–Crippen LogP) is 4.78. The zero-order chi connectivity index (χ0) is 19.7. The quantitative estimate of drug-likeness (QED) is 0.455. The van der Waals surface area contributed by atoms with Crippen molar-refractivity contribution in [1.29, 1.82) is 0 Å². The maximum atomic E-state index is 13.4. The van der Waals surface area contributed by atoms with Crippen LogP contribution in [0.5, 0.6) is 5.75 Å². The van der Waals surface area contributed by atoms with E-state index >= 15 is 0 Å². The Hall–Kier alpha value is -2.72. The summed E-state index contributed by atoms with van der Waals surface area (Å²) in [5.74, 6) is 0.300. The number of para-hydroxylation sites is 2. The van der Waals surface area contributed by atoms with Gasteiger partial charge in [0.25, 0.3) is 0 Å². The Labute approximate surface area is 166 Å². The lowest BCUT2D eigenvalue weighted by Crippen LogP contribution is -2.14. The highest BCUT2D eigenvalue weighted by molar-refractivity contribution is 7.99. The number of thioether (sulfide) groups is 1. The third kappa shape index (κ3) is 3.65. The van der Waals surface area contributed by atoms with Crippen LogP contribution in [-0.4, -0.2) is 33.3 Å². The molecule has 0 spiro atoms. The number of fused-ring (bicyclic) bond motifs is 2. The third-order valence-corrected chi connectivity index (χ3v) is 5.82. The summed E-state index contributed by atoms with van der Waals surface area (Å²) in [5.41, 5.74) is 1.54. The fraction of sp³-hybridized carbons (Fsp3) is 0.167. The Morgan fingerprint density at radius 1 is 1.25 bits per heavy atom. The van der Waals surface area contributed by atoms with Crippen molar-refractivity contribution in [2.75, 3.05) is 18.2 Å². The largest absolute Gasteiger partial charge is 0.497 e. The molecule has 1 amide bonds. The summed E-state index contributed by atoms with van der Waals surface area (Å²) in [6, 6.07) is 12.1. The number of imidazole rings is 1. The van der Waals surface area contributed by atoms with E-state index in [4.69, 9.17) is 4.74 Å². The van der Waals surface area contributed by atoms with Gasteiger partial charge in [-0.05, 0) is 30.3 Å². The van der Waals surface area contributed by atoms with E-state index < -0.39 is 6.55 Å². The smallest absolute Gasteiger partial charge is 0.321 e. The number of thiazole rings is 1. The number of hydrogen-bond donors (Lipinski definition) is 1. The number of carbonyl (C=O) groups is 1. The van der Waals surface area contributed by atoms with Crippen molar-refractivity contribution in [2.24, 2.45) is 0 Å². The molecule has 28 heavy (non-hydrogen) atoms. The monoisotopic (exact) mass is 420 g/mol. The van der Waals surface area contributed by atoms with E-state index in [1.807, 2.05) is 6.07 Å². The van der Waals surface area contributed by atoms with Crippen LogP contribution in [-0.2, 0) is 4.79 Å². The lowest BCUT2D eigenvalue weighted by Gasteiger charge is -2.07. The molecule has 4 rings (SSSR count). The summed E-state index contributed by atoms with van der Waals surface area (Å²) in [7, 11) is 1.58. The van der Waals surface area contributed by atoms with Gasteiger partial charge in [-0.3, -0.25) is 9.36 Å². The summed E-state index contributed by atoms with van der Waals surface area (Å²) in [5, 5.41) is 3.24. The van der Waals surface area contributed by atoms with Gasteiger partial charge in [0.05, 0.1) is 34.1 Å². The molecule has 0 fully saturated rings. The maximum Gasteiger partial charge on any atom is 0.321 e. The first-order valence-corrected chi connectivity index (χ1v) is 9.97. The van der Waals surface area contributed by atoms with Crippen molar-refractivity contribution < 1.29 is 18.3 Å². The van der Waals surface area contributed by atoms with Crippen LogP contribution in [0.1, 0.15) is 6.55 Å². The Morgan fingerprint density at radius 2 is 2.07 bits per heavy atom. The summed E-state index contributed by atoms with van der Waals surface area (Å²) >= 11 is 2.27. The second kappa shape index (κ2) is 7.72. The number of aromatic nitrogens is 3. The number of methoxy groups -OCH3 is 1. The molecule has 0 aliphatic rings. The topological polar surface area (TPSA) is 69.0 Å². The third-order valence-electron chi connectivity index (χ3n) is 3.93. The molecule has 0 unspecified atom stereocenters. The maximum absolute atomic E-state index is 13.4. The van der Waals surface area contributed by atoms with Crippen molar-refractivity contribution in [2.45, 2.75) is 11.7 Å². The molecule has 0 saturated heterocycles. The fourth-order valence-corrected chi connectivity index (χ4v) is 4.41. The molecule has 144 valence electrons. The van der Waals surface area contributed by atoms with Gasteiger partial charge in [0, 0.05) is 0 Å². The van der Waals surface area contributed by atoms with Gasteiger partial charge < -0.3 is 10.1 Å². The lowest BCUT2D eigenvalue weighted by atomic mass is 10.3. The first-order chi connectivity index (χ1) is 13.5. The van der Waals surface area contributed by atoms with Crippen molar-refractivity contribution in [3.05, 3.63) is 42.5 Å². The van der Waals surface area contributed by atoms with Crippen LogP contribution in [0.25, 0.3) is 21.3 Å². The van der Waals surface area contributed by atoms with Crippen molar-refractivity contribution in [1.82, 2.24) is 14.5 Å². The Morgan fingerprint density at radius 3 is 2.86 bits per heavy atom. The van der Waals surface area contributed by atoms with E-state index in [1.54, 1.807) is 43.5 Å². The first-order valence-electron chi connectivity index (χ1n) is 8.17. The van der Waals surface area contributed by atoms with E-state index in [2.05, 4.69) is 15.3 Å². The summed E-state index contributed by atoms with van der Waals surface area (Å²) < 4.78 is 33.7. The van der Waals surface area contributed by atoms with Crippen LogP contribution in [0.3, 0.4) is 0 Å². The Bertz CT molecular complexity index is 1160. The van der Waals surface area contributed by atoms with Gasteiger partial charge in [-0.2, -0.15) is 8.78 Å². The molecule has 10 heteroatoms. The normalized spacial score (nSPS) is 11.4. The summed E-state index contributed by atoms with van der Waals surface area (Å²) in [6.45, 7) is -2.74. The van der Waals surface area contributed by atoms with E-state index in [0.717, 1.165) is 26.5 Å². The number of nitrogens with one attached hydrogen (secondary N) is 1. The van der Waals surface area contributed by atoms with Crippen molar-refractivity contribution in [3.63, 3.8) is 0 Å². The molecule has 0 aliphatic heterocycles. The second-order valence-corrected chi connectivity index (χ2v) is 7.69. The number of alkyl halides is 2. The zero-order valence-electron chi connectivity index (χ0n) is 14.6. The number of carbonyl (C=O) groups excluding carboxylic acids is 1. The van der Waals surface area contributed by atoms with Gasteiger partial charge in [0.1, 0.15) is 5.75 Å². The van der Waals surface area contributed by atoms with E-state index in [9.17, 15) is 13.6 Å². The number of amides is 1. The molecule has 0 aliphatic carbocycles.